The molecule has 0 bridgehead atoms. The molecule has 1 aromatic rings. The average molecular weight is 234 g/mol. The predicted molar refractivity (Wildman–Crippen MR) is 62.9 cm³/mol. The van der Waals surface area contributed by atoms with Crippen molar-refractivity contribution in [3.8, 4) is 0 Å². The molecule has 69 valence electrons. The number of benzene rings is 1. The van der Waals surface area contributed by atoms with Gasteiger partial charge in [-0.05, 0) is 0 Å². The van der Waals surface area contributed by atoms with E-state index in [0.717, 1.165) is 0 Å². The Labute approximate surface area is 85.8 Å². The first-order valence-electron chi connectivity index (χ1n) is 4.89. The van der Waals surface area contributed by atoms with E-state index >= 15 is 0 Å². The van der Waals surface area contributed by atoms with Crippen LogP contribution in [-0.2, 0) is 0 Å². The molecule has 0 nitrogen and oxygen atoms in total. The summed E-state index contributed by atoms with van der Waals surface area (Å²) < 4.78 is 1.62. The summed E-state index contributed by atoms with van der Waals surface area (Å²) in [6, 6.07) is 8.94. The Morgan fingerprint density at radius 2 is 1.69 bits per heavy atom. The summed E-state index contributed by atoms with van der Waals surface area (Å²) in [6.07, 6.45) is 1.90. The van der Waals surface area contributed by atoms with Gasteiger partial charge < -0.3 is 0 Å². The van der Waals surface area contributed by atoms with Crippen LogP contribution in [0.25, 0.3) is 6.08 Å². The standard InChI is InChI=1S/C12H17Ge/c1-4-11-7-9-12(10-8-11)13(5-2)6-3/h4,7-10H,1,5-6H2,2-3H3. The molecule has 1 radical (unpaired) electrons. The van der Waals surface area contributed by atoms with Crippen molar-refractivity contribution in [2.45, 2.75) is 24.4 Å². The van der Waals surface area contributed by atoms with E-state index in [9.17, 15) is 0 Å². The zero-order chi connectivity index (χ0) is 9.68. The second kappa shape index (κ2) is 5.28. The fourth-order valence-electron chi connectivity index (χ4n) is 1.51. The summed E-state index contributed by atoms with van der Waals surface area (Å²) in [5.41, 5.74) is 1.23. The average Bonchev–Trinajstić information content (AvgIpc) is 2.21. The summed E-state index contributed by atoms with van der Waals surface area (Å²) in [5, 5.41) is 2.79. The van der Waals surface area contributed by atoms with Crippen LogP contribution in [0.4, 0.5) is 0 Å². The van der Waals surface area contributed by atoms with Crippen LogP contribution in [0.1, 0.15) is 19.4 Å². The molecule has 0 fully saturated rings. The van der Waals surface area contributed by atoms with Crippen LogP contribution in [0.5, 0.6) is 0 Å². The van der Waals surface area contributed by atoms with Crippen LogP contribution >= 0.6 is 0 Å². The summed E-state index contributed by atoms with van der Waals surface area (Å²) in [4.78, 5) is 0. The number of rotatable bonds is 4. The van der Waals surface area contributed by atoms with Crippen molar-refractivity contribution in [3.05, 3.63) is 36.4 Å². The molecule has 1 heteroatoms. The molecule has 0 heterocycles. The Hall–Kier alpha value is -0.497. The van der Waals surface area contributed by atoms with Crippen LogP contribution < -0.4 is 4.40 Å². The Morgan fingerprint density at radius 3 is 2.08 bits per heavy atom. The van der Waals surface area contributed by atoms with Gasteiger partial charge in [-0.15, -0.1) is 0 Å². The van der Waals surface area contributed by atoms with Crippen molar-refractivity contribution in [3.63, 3.8) is 0 Å². The summed E-state index contributed by atoms with van der Waals surface area (Å²) in [6.45, 7) is 8.40. The minimum atomic E-state index is -0.884. The fraction of sp³-hybridized carbons (Fsp3) is 0.333. The molecule has 1 aromatic carbocycles. The first-order chi connectivity index (χ1) is 6.31. The Bertz CT molecular complexity index is 257. The zero-order valence-corrected chi connectivity index (χ0v) is 10.6. The van der Waals surface area contributed by atoms with Gasteiger partial charge in [-0.1, -0.05) is 0 Å². The van der Waals surface area contributed by atoms with E-state index in [1.165, 1.54) is 16.1 Å². The van der Waals surface area contributed by atoms with Crippen LogP contribution in [0.15, 0.2) is 30.8 Å². The topological polar surface area (TPSA) is 0 Å². The first-order valence-corrected chi connectivity index (χ1v) is 8.91. The quantitative estimate of drug-likeness (QED) is 0.702. The Kier molecular flexibility index (Phi) is 4.30. The van der Waals surface area contributed by atoms with Gasteiger partial charge >= 0.3 is 85.6 Å². The van der Waals surface area contributed by atoms with Crippen LogP contribution in [0.3, 0.4) is 0 Å². The predicted octanol–water partition coefficient (Wildman–Crippen LogP) is 3.07. The molecule has 0 saturated heterocycles. The van der Waals surface area contributed by atoms with Gasteiger partial charge in [0.1, 0.15) is 0 Å². The second-order valence-corrected chi connectivity index (χ2v) is 9.85. The molecule has 0 amide bonds. The van der Waals surface area contributed by atoms with Crippen molar-refractivity contribution in [1.82, 2.24) is 0 Å². The van der Waals surface area contributed by atoms with Gasteiger partial charge in [0.25, 0.3) is 0 Å². The normalized spacial score (nSPS) is 10.4. The third kappa shape index (κ3) is 2.73. The summed E-state index contributed by atoms with van der Waals surface area (Å²) in [7, 11) is 0. The summed E-state index contributed by atoms with van der Waals surface area (Å²) >= 11 is -0.884. The Morgan fingerprint density at radius 1 is 1.15 bits per heavy atom. The van der Waals surface area contributed by atoms with Crippen LogP contribution in [-0.4, -0.2) is 14.3 Å². The van der Waals surface area contributed by atoms with E-state index in [-0.39, 0.29) is 0 Å². The monoisotopic (exact) mass is 235 g/mol. The zero-order valence-electron chi connectivity index (χ0n) is 8.51. The fourth-order valence-corrected chi connectivity index (χ4v) is 5.61. The van der Waals surface area contributed by atoms with Gasteiger partial charge in [-0.25, -0.2) is 0 Å². The molecule has 0 atom stereocenters. The maximum atomic E-state index is 3.76. The van der Waals surface area contributed by atoms with Crippen LogP contribution in [0, 0.1) is 0 Å². The molecule has 0 aliphatic rings. The van der Waals surface area contributed by atoms with E-state index in [1.807, 2.05) is 6.08 Å². The van der Waals surface area contributed by atoms with Gasteiger partial charge in [-0.3, -0.25) is 0 Å². The Balaban J connectivity index is 2.83. The molecule has 0 aromatic heterocycles. The molecule has 13 heavy (non-hydrogen) atoms. The van der Waals surface area contributed by atoms with Gasteiger partial charge in [0.05, 0.1) is 0 Å². The number of hydrogen-bond acceptors (Lipinski definition) is 0. The van der Waals surface area contributed by atoms with Gasteiger partial charge in [0.15, 0.2) is 0 Å². The molecule has 0 aliphatic heterocycles. The maximum absolute atomic E-state index is 3.76. The van der Waals surface area contributed by atoms with E-state index in [1.54, 1.807) is 4.40 Å². The van der Waals surface area contributed by atoms with Crippen molar-refractivity contribution in [1.29, 1.82) is 0 Å². The van der Waals surface area contributed by atoms with Crippen molar-refractivity contribution < 1.29 is 0 Å². The third-order valence-corrected chi connectivity index (χ3v) is 8.40. The molecule has 0 saturated carbocycles. The van der Waals surface area contributed by atoms with Crippen molar-refractivity contribution >= 4 is 24.8 Å². The van der Waals surface area contributed by atoms with Crippen LogP contribution in [0.2, 0.25) is 10.5 Å². The first kappa shape index (κ1) is 10.6. The van der Waals surface area contributed by atoms with Crippen molar-refractivity contribution in [2.24, 2.45) is 0 Å². The molecular formula is C12H17Ge. The van der Waals surface area contributed by atoms with E-state index < -0.39 is 14.3 Å². The third-order valence-electron chi connectivity index (χ3n) is 2.41. The molecule has 0 aliphatic carbocycles. The molecule has 0 N–H and O–H groups in total. The van der Waals surface area contributed by atoms with E-state index in [0.29, 0.717) is 0 Å². The number of hydrogen-bond donors (Lipinski definition) is 0. The van der Waals surface area contributed by atoms with Gasteiger partial charge in [-0.2, -0.15) is 0 Å². The molecule has 0 unspecified atom stereocenters. The van der Waals surface area contributed by atoms with Crippen molar-refractivity contribution in [2.75, 3.05) is 0 Å². The minimum absolute atomic E-state index is 0.884. The van der Waals surface area contributed by atoms with Gasteiger partial charge in [0, 0.05) is 0 Å². The van der Waals surface area contributed by atoms with E-state index in [4.69, 9.17) is 0 Å². The van der Waals surface area contributed by atoms with Gasteiger partial charge in [0.2, 0.25) is 0 Å². The summed E-state index contributed by atoms with van der Waals surface area (Å²) in [5.74, 6) is 0. The molecule has 1 rings (SSSR count). The van der Waals surface area contributed by atoms with E-state index in [2.05, 4.69) is 44.7 Å². The SMILES string of the molecule is C=Cc1cc[c]([Ge]([CH2]C)[CH2]C)cc1. The second-order valence-electron chi connectivity index (χ2n) is 3.14. The molecule has 0 spiro atoms. The molecular weight excluding hydrogens is 217 g/mol.